The van der Waals surface area contributed by atoms with Crippen LogP contribution in [0.2, 0.25) is 0 Å². The number of hydrogen-bond acceptors (Lipinski definition) is 2. The van der Waals surface area contributed by atoms with Crippen LogP contribution < -0.4 is 0 Å². The van der Waals surface area contributed by atoms with Gasteiger partial charge >= 0.3 is 12.1 Å². The van der Waals surface area contributed by atoms with Crippen molar-refractivity contribution in [3.8, 4) is 0 Å². The second-order valence-corrected chi connectivity index (χ2v) is 6.86. The highest BCUT2D eigenvalue weighted by Gasteiger charge is 2.30. The van der Waals surface area contributed by atoms with Gasteiger partial charge in [0.15, 0.2) is 5.78 Å². The normalized spacial score (nSPS) is 21.4. The molecule has 0 aromatic heterocycles. The van der Waals surface area contributed by atoms with Gasteiger partial charge in [0.2, 0.25) is 0 Å². The third-order valence-corrected chi connectivity index (χ3v) is 4.47. The molecule has 6 heteroatoms. The van der Waals surface area contributed by atoms with Crippen LogP contribution in [0.4, 0.5) is 13.2 Å². The van der Waals surface area contributed by atoms with Gasteiger partial charge in [-0.2, -0.15) is 13.2 Å². The molecular weight excluding hydrogens is 369 g/mol. The van der Waals surface area contributed by atoms with Gasteiger partial charge in [-0.3, -0.25) is 4.79 Å². The number of rotatable bonds is 5. The number of alkyl halides is 3. The Morgan fingerprint density at radius 3 is 2.39 bits per heavy atom. The lowest BCUT2D eigenvalue weighted by molar-refractivity contribution is -0.137. The van der Waals surface area contributed by atoms with Gasteiger partial charge in [-0.15, -0.1) is 0 Å². The first-order valence-corrected chi connectivity index (χ1v) is 8.75. The molecule has 0 heterocycles. The summed E-state index contributed by atoms with van der Waals surface area (Å²) in [7, 11) is 0. The molecule has 1 aromatic rings. The SMILES string of the molecule is CC(=C/C(=O)O)/C=C/C1C(/C=C/c2ccc(C(F)(F)F)cc2)=CC(=O)CC1C. The molecule has 1 aliphatic rings. The number of benzene rings is 1. The van der Waals surface area contributed by atoms with E-state index in [1.165, 1.54) is 18.2 Å². The van der Waals surface area contributed by atoms with Crippen LogP contribution in [0.25, 0.3) is 6.08 Å². The Balaban J connectivity index is 2.24. The molecule has 1 aliphatic carbocycles. The van der Waals surface area contributed by atoms with Gasteiger partial charge in [0, 0.05) is 18.4 Å². The molecule has 0 spiro atoms. The van der Waals surface area contributed by atoms with Crippen LogP contribution in [0, 0.1) is 11.8 Å². The average Bonchev–Trinajstić information content (AvgIpc) is 2.57. The van der Waals surface area contributed by atoms with Crippen molar-refractivity contribution in [2.24, 2.45) is 11.8 Å². The summed E-state index contributed by atoms with van der Waals surface area (Å²) in [6, 6.07) is 4.78. The van der Waals surface area contributed by atoms with Crippen molar-refractivity contribution in [2.75, 3.05) is 0 Å². The zero-order valence-corrected chi connectivity index (χ0v) is 15.5. The minimum atomic E-state index is -4.38. The molecule has 0 fully saturated rings. The first-order valence-electron chi connectivity index (χ1n) is 8.75. The lowest BCUT2D eigenvalue weighted by Gasteiger charge is -2.25. The Hall–Kier alpha value is -2.89. The molecule has 2 unspecified atom stereocenters. The monoisotopic (exact) mass is 390 g/mol. The van der Waals surface area contributed by atoms with Crippen LogP contribution in [0.3, 0.4) is 0 Å². The zero-order chi connectivity index (χ0) is 20.9. The molecule has 1 N–H and O–H groups in total. The number of aliphatic carboxylic acids is 1. The van der Waals surface area contributed by atoms with Crippen molar-refractivity contribution in [3.63, 3.8) is 0 Å². The van der Waals surface area contributed by atoms with Gasteiger partial charge in [-0.05, 0) is 47.8 Å². The Bertz CT molecular complexity index is 856. The Kier molecular flexibility index (Phi) is 6.78. The quantitative estimate of drug-likeness (QED) is 0.537. The third-order valence-electron chi connectivity index (χ3n) is 4.47. The van der Waals surface area contributed by atoms with Crippen LogP contribution in [-0.4, -0.2) is 16.9 Å². The molecule has 0 aliphatic heterocycles. The van der Waals surface area contributed by atoms with Crippen molar-refractivity contribution in [1.29, 1.82) is 0 Å². The number of ketones is 1. The number of carboxylic acid groups (broad SMARTS) is 1. The molecule has 28 heavy (non-hydrogen) atoms. The van der Waals surface area contributed by atoms with E-state index in [9.17, 15) is 22.8 Å². The molecule has 0 amide bonds. The van der Waals surface area contributed by atoms with Gasteiger partial charge in [0.25, 0.3) is 0 Å². The number of carboxylic acids is 1. The maximum Gasteiger partial charge on any atom is 0.416 e. The summed E-state index contributed by atoms with van der Waals surface area (Å²) in [4.78, 5) is 22.7. The highest BCUT2D eigenvalue weighted by Crippen LogP contribution is 2.32. The van der Waals surface area contributed by atoms with Crippen LogP contribution in [0.15, 0.2) is 65.8 Å². The second-order valence-electron chi connectivity index (χ2n) is 6.86. The lowest BCUT2D eigenvalue weighted by Crippen LogP contribution is -2.20. The average molecular weight is 390 g/mol. The van der Waals surface area contributed by atoms with E-state index >= 15 is 0 Å². The van der Waals surface area contributed by atoms with Crippen LogP contribution in [0.1, 0.15) is 31.4 Å². The largest absolute Gasteiger partial charge is 0.478 e. The first kappa shape index (κ1) is 21.4. The fraction of sp³-hybridized carbons (Fsp3) is 0.273. The van der Waals surface area contributed by atoms with E-state index in [0.29, 0.717) is 17.6 Å². The molecule has 0 saturated heterocycles. The topological polar surface area (TPSA) is 54.4 Å². The minimum Gasteiger partial charge on any atom is -0.478 e. The number of carbonyl (C=O) groups is 2. The fourth-order valence-corrected chi connectivity index (χ4v) is 3.05. The predicted molar refractivity (Wildman–Crippen MR) is 101 cm³/mol. The standard InChI is InChI=1S/C22H21F3O3/c1-14(11-21(27)28)3-10-20-15(2)12-19(26)13-17(20)7-4-16-5-8-18(9-6-16)22(23,24)25/h3-11,13,15,20H,12H2,1-2H3,(H,27,28)/b7-4+,10-3+,14-11-. The van der Waals surface area contributed by atoms with Crippen molar-refractivity contribution in [1.82, 2.24) is 0 Å². The van der Waals surface area contributed by atoms with E-state index in [2.05, 4.69) is 0 Å². The van der Waals surface area contributed by atoms with Gasteiger partial charge in [0.05, 0.1) is 5.56 Å². The summed E-state index contributed by atoms with van der Waals surface area (Å²) in [6.45, 7) is 3.60. The van der Waals surface area contributed by atoms with Gasteiger partial charge in [0.1, 0.15) is 0 Å². The smallest absolute Gasteiger partial charge is 0.416 e. The maximum atomic E-state index is 12.6. The molecular formula is C22H21F3O3. The number of hydrogen-bond donors (Lipinski definition) is 1. The Labute approximate surface area is 161 Å². The summed E-state index contributed by atoms with van der Waals surface area (Å²) >= 11 is 0. The number of allylic oxidation sites excluding steroid dienone is 6. The Morgan fingerprint density at radius 2 is 1.82 bits per heavy atom. The molecule has 0 radical (unpaired) electrons. The predicted octanol–water partition coefficient (Wildman–Crippen LogP) is 5.46. The van der Waals surface area contributed by atoms with Crippen LogP contribution in [0.5, 0.6) is 0 Å². The maximum absolute atomic E-state index is 12.6. The molecule has 148 valence electrons. The van der Waals surface area contributed by atoms with E-state index in [-0.39, 0.29) is 17.6 Å². The first-order chi connectivity index (χ1) is 13.1. The van der Waals surface area contributed by atoms with E-state index in [4.69, 9.17) is 5.11 Å². The molecule has 0 bridgehead atoms. The van der Waals surface area contributed by atoms with E-state index < -0.39 is 17.7 Å². The Morgan fingerprint density at radius 1 is 1.18 bits per heavy atom. The summed E-state index contributed by atoms with van der Waals surface area (Å²) in [5, 5.41) is 8.79. The van der Waals surface area contributed by atoms with E-state index in [1.54, 1.807) is 25.2 Å². The van der Waals surface area contributed by atoms with Gasteiger partial charge in [-0.1, -0.05) is 43.4 Å². The lowest BCUT2D eigenvalue weighted by atomic mass is 9.78. The molecule has 2 rings (SSSR count). The van der Waals surface area contributed by atoms with Crippen LogP contribution >= 0.6 is 0 Å². The minimum absolute atomic E-state index is 0.0120. The summed E-state index contributed by atoms with van der Waals surface area (Å²) in [5.74, 6) is -1.12. The summed E-state index contributed by atoms with van der Waals surface area (Å²) < 4.78 is 37.9. The van der Waals surface area contributed by atoms with Crippen molar-refractivity contribution >= 4 is 17.8 Å². The molecule has 0 saturated carbocycles. The third kappa shape index (κ3) is 6.08. The molecule has 1 aromatic carbocycles. The molecule has 2 atom stereocenters. The van der Waals surface area contributed by atoms with Crippen molar-refractivity contribution in [3.05, 3.63) is 76.9 Å². The van der Waals surface area contributed by atoms with Crippen molar-refractivity contribution < 1.29 is 27.9 Å². The van der Waals surface area contributed by atoms with Crippen molar-refractivity contribution in [2.45, 2.75) is 26.4 Å². The van der Waals surface area contributed by atoms with Gasteiger partial charge in [-0.25, -0.2) is 4.79 Å². The summed E-state index contributed by atoms with van der Waals surface area (Å²) in [5.41, 5.74) is 1.18. The summed E-state index contributed by atoms with van der Waals surface area (Å²) in [6.07, 6.45) is 5.57. The second kappa shape index (κ2) is 8.87. The fourth-order valence-electron chi connectivity index (χ4n) is 3.05. The molecule has 3 nitrogen and oxygen atoms in total. The highest BCUT2D eigenvalue weighted by atomic mass is 19.4. The highest BCUT2D eigenvalue weighted by molar-refractivity contribution is 5.92. The van der Waals surface area contributed by atoms with E-state index in [0.717, 1.165) is 23.8 Å². The van der Waals surface area contributed by atoms with E-state index in [1.807, 2.05) is 13.0 Å². The number of halogens is 3. The van der Waals surface area contributed by atoms with Crippen LogP contribution in [-0.2, 0) is 15.8 Å². The number of carbonyl (C=O) groups excluding carboxylic acids is 1. The zero-order valence-electron chi connectivity index (χ0n) is 15.5. The van der Waals surface area contributed by atoms with Gasteiger partial charge < -0.3 is 5.11 Å².